The summed E-state index contributed by atoms with van der Waals surface area (Å²) < 4.78 is 38.9. The minimum Gasteiger partial charge on any atom is -0.360 e. The Labute approximate surface area is 178 Å². The zero-order valence-electron chi connectivity index (χ0n) is 16.5. The summed E-state index contributed by atoms with van der Waals surface area (Å²) >= 11 is 0.929. The molecule has 164 valence electrons. The van der Waals surface area contributed by atoms with Crippen molar-refractivity contribution >= 4 is 46.3 Å². The Morgan fingerprint density at radius 2 is 1.94 bits per heavy atom. The van der Waals surface area contributed by atoms with Gasteiger partial charge in [-0.3, -0.25) is 19.0 Å². The number of rotatable bonds is 6. The van der Waals surface area contributed by atoms with E-state index in [-0.39, 0.29) is 27.0 Å². The Morgan fingerprint density at radius 1 is 1.26 bits per heavy atom. The van der Waals surface area contributed by atoms with Crippen LogP contribution in [0.15, 0.2) is 29.1 Å². The van der Waals surface area contributed by atoms with Gasteiger partial charge in [-0.25, -0.2) is 0 Å². The van der Waals surface area contributed by atoms with Crippen molar-refractivity contribution in [3.8, 4) is 6.07 Å². The lowest BCUT2D eigenvalue weighted by Crippen LogP contribution is -2.34. The van der Waals surface area contributed by atoms with Crippen molar-refractivity contribution in [3.63, 3.8) is 0 Å². The van der Waals surface area contributed by atoms with Gasteiger partial charge in [-0.15, -0.1) is 11.3 Å². The molecule has 0 aliphatic carbocycles. The van der Waals surface area contributed by atoms with Crippen LogP contribution >= 0.6 is 11.3 Å². The molecule has 1 heterocycles. The number of nitriles is 1. The standard InChI is InChI=1S/C19H18F3N5O3S/c1-3-24-15(28)13(9-23)17-27(4-2)16(29)14(31-17)10-25-11-6-5-7-12(8-11)26-18(30)19(20,21)22/h5-8,10,25H,3-4H2,1-2H3,(H,24,28)(H,26,30). The van der Waals surface area contributed by atoms with Crippen molar-refractivity contribution in [3.05, 3.63) is 43.8 Å². The molecule has 0 fully saturated rings. The summed E-state index contributed by atoms with van der Waals surface area (Å²) in [4.78, 5) is 35.8. The molecule has 1 aromatic carbocycles. The summed E-state index contributed by atoms with van der Waals surface area (Å²) in [6, 6.07) is 7.30. The maximum atomic E-state index is 12.6. The van der Waals surface area contributed by atoms with Gasteiger partial charge in [0.2, 0.25) is 0 Å². The third kappa shape index (κ3) is 5.73. The fourth-order valence-electron chi connectivity index (χ4n) is 2.47. The highest BCUT2D eigenvalue weighted by Crippen LogP contribution is 2.20. The van der Waals surface area contributed by atoms with Gasteiger partial charge in [0, 0.05) is 30.7 Å². The first kappa shape index (κ1) is 23.7. The van der Waals surface area contributed by atoms with Crippen LogP contribution in [0.25, 0.3) is 11.8 Å². The number of hydrogen-bond acceptors (Lipinski definition) is 6. The largest absolute Gasteiger partial charge is 0.471 e. The lowest BCUT2D eigenvalue weighted by Gasteiger charge is -2.09. The number of carbonyl (C=O) groups is 2. The zero-order chi connectivity index (χ0) is 23.2. The van der Waals surface area contributed by atoms with Crippen molar-refractivity contribution in [1.29, 1.82) is 5.26 Å². The first-order valence-corrected chi connectivity index (χ1v) is 9.81. The van der Waals surface area contributed by atoms with E-state index in [0.717, 1.165) is 11.3 Å². The Morgan fingerprint density at radius 3 is 2.52 bits per heavy atom. The highest BCUT2D eigenvalue weighted by Gasteiger charge is 2.38. The summed E-state index contributed by atoms with van der Waals surface area (Å²) in [5, 5.41) is 16.4. The van der Waals surface area contributed by atoms with Gasteiger partial charge in [-0.05, 0) is 32.0 Å². The van der Waals surface area contributed by atoms with Gasteiger partial charge in [0.25, 0.3) is 11.5 Å². The van der Waals surface area contributed by atoms with Crippen molar-refractivity contribution in [2.45, 2.75) is 26.6 Å². The van der Waals surface area contributed by atoms with E-state index >= 15 is 0 Å². The molecule has 2 amide bonds. The van der Waals surface area contributed by atoms with E-state index in [4.69, 9.17) is 0 Å². The average Bonchev–Trinajstić information content (AvgIpc) is 3.02. The monoisotopic (exact) mass is 453 g/mol. The maximum absolute atomic E-state index is 12.6. The van der Waals surface area contributed by atoms with Crippen molar-refractivity contribution in [1.82, 2.24) is 9.88 Å². The molecule has 0 saturated heterocycles. The molecule has 0 aliphatic heterocycles. The summed E-state index contributed by atoms with van der Waals surface area (Å²) in [5.41, 5.74) is -0.406. The van der Waals surface area contributed by atoms with Crippen molar-refractivity contribution < 1.29 is 22.8 Å². The number of amides is 2. The smallest absolute Gasteiger partial charge is 0.360 e. The quantitative estimate of drug-likeness (QED) is 0.606. The third-order valence-corrected chi connectivity index (χ3v) is 4.99. The van der Waals surface area contributed by atoms with Crippen LogP contribution in [0.3, 0.4) is 0 Å². The maximum Gasteiger partial charge on any atom is 0.471 e. The van der Waals surface area contributed by atoms with E-state index < -0.39 is 23.5 Å². The van der Waals surface area contributed by atoms with Crippen LogP contribution in [0, 0.1) is 11.3 Å². The molecule has 2 aromatic rings. The Kier molecular flexibility index (Phi) is 7.60. The normalized spacial score (nSPS) is 12.7. The molecular weight excluding hydrogens is 435 g/mol. The molecule has 0 unspecified atom stereocenters. The number of anilines is 2. The molecule has 0 radical (unpaired) electrons. The summed E-state index contributed by atoms with van der Waals surface area (Å²) in [6.07, 6.45) is -3.70. The van der Waals surface area contributed by atoms with Crippen LogP contribution in [0.4, 0.5) is 24.5 Å². The van der Waals surface area contributed by atoms with Gasteiger partial charge < -0.3 is 16.0 Å². The number of halogens is 3. The summed E-state index contributed by atoms with van der Waals surface area (Å²) in [6.45, 7) is 3.92. The summed E-state index contributed by atoms with van der Waals surface area (Å²) in [5.74, 6) is -2.70. The van der Waals surface area contributed by atoms with Crippen LogP contribution in [0.5, 0.6) is 0 Å². The second kappa shape index (κ2) is 9.94. The number of carbonyl (C=O) groups excluding carboxylic acids is 2. The molecule has 1 aromatic heterocycles. The van der Waals surface area contributed by atoms with Gasteiger partial charge in [-0.1, -0.05) is 6.07 Å². The molecule has 0 bridgehead atoms. The first-order valence-electron chi connectivity index (χ1n) is 8.99. The third-order valence-electron chi connectivity index (χ3n) is 3.86. The lowest BCUT2D eigenvalue weighted by molar-refractivity contribution is -0.167. The van der Waals surface area contributed by atoms with Crippen LogP contribution in [0.2, 0.25) is 0 Å². The fourth-order valence-corrected chi connectivity index (χ4v) is 3.56. The van der Waals surface area contributed by atoms with Crippen LogP contribution < -0.4 is 30.7 Å². The van der Waals surface area contributed by atoms with Crippen molar-refractivity contribution in [2.24, 2.45) is 0 Å². The number of hydrogen-bond donors (Lipinski definition) is 3. The van der Waals surface area contributed by atoms with E-state index in [1.165, 1.54) is 35.0 Å². The number of nitrogens with zero attached hydrogens (tertiary/aromatic N) is 2. The first-order chi connectivity index (χ1) is 14.6. The molecule has 2 rings (SSSR count). The van der Waals surface area contributed by atoms with Gasteiger partial charge in [0.15, 0.2) is 5.57 Å². The highest BCUT2D eigenvalue weighted by molar-refractivity contribution is 7.07. The van der Waals surface area contributed by atoms with Crippen molar-refractivity contribution in [2.75, 3.05) is 17.2 Å². The highest BCUT2D eigenvalue weighted by atomic mass is 32.1. The van der Waals surface area contributed by atoms with E-state index in [1.54, 1.807) is 19.2 Å². The topological polar surface area (TPSA) is 116 Å². The predicted octanol–water partition coefficient (Wildman–Crippen LogP) is 1.09. The zero-order valence-corrected chi connectivity index (χ0v) is 17.3. The minimum atomic E-state index is -5.02. The Hall–Kier alpha value is -3.59. The Bertz CT molecular complexity index is 1210. The molecule has 0 aliphatic rings. The van der Waals surface area contributed by atoms with E-state index in [1.807, 2.05) is 6.07 Å². The van der Waals surface area contributed by atoms with Crippen LogP contribution in [0.1, 0.15) is 13.8 Å². The molecule has 0 saturated carbocycles. The van der Waals surface area contributed by atoms with Gasteiger partial charge in [0.1, 0.15) is 15.3 Å². The van der Waals surface area contributed by atoms with E-state index in [0.29, 0.717) is 12.2 Å². The van der Waals surface area contributed by atoms with Gasteiger partial charge >= 0.3 is 12.1 Å². The number of benzene rings is 1. The Balaban J connectivity index is 2.43. The van der Waals surface area contributed by atoms with E-state index in [2.05, 4.69) is 10.6 Å². The van der Waals surface area contributed by atoms with Crippen LogP contribution in [-0.2, 0) is 16.1 Å². The predicted molar refractivity (Wildman–Crippen MR) is 110 cm³/mol. The molecule has 31 heavy (non-hydrogen) atoms. The SMILES string of the molecule is CCNC(=O)C(C#N)=c1sc(=CNc2cccc(NC(=O)C(F)(F)F)c2)c(=O)n1CC. The molecule has 3 N–H and O–H groups in total. The minimum absolute atomic E-state index is 0.0881. The number of alkyl halides is 3. The number of aromatic nitrogens is 1. The lowest BCUT2D eigenvalue weighted by atomic mass is 10.2. The van der Waals surface area contributed by atoms with E-state index in [9.17, 15) is 32.8 Å². The second-order valence-electron chi connectivity index (χ2n) is 5.99. The molecule has 0 atom stereocenters. The average molecular weight is 453 g/mol. The molecule has 0 spiro atoms. The number of thiazole rings is 1. The number of nitrogens with one attached hydrogen (secondary N) is 3. The molecule has 12 heteroatoms. The molecular formula is C19H18F3N5O3S. The molecule has 8 nitrogen and oxygen atoms in total. The van der Waals surface area contributed by atoms with Gasteiger partial charge in [0.05, 0.1) is 0 Å². The van der Waals surface area contributed by atoms with Crippen LogP contribution in [-0.4, -0.2) is 29.1 Å². The van der Waals surface area contributed by atoms with Gasteiger partial charge in [-0.2, -0.15) is 18.4 Å². The second-order valence-corrected chi connectivity index (χ2v) is 7.02. The summed E-state index contributed by atoms with van der Waals surface area (Å²) in [7, 11) is 0. The fraction of sp³-hybridized carbons (Fsp3) is 0.263.